The Labute approximate surface area is 152 Å². The molecular formula is C16H16N4O3S2. The third kappa shape index (κ3) is 4.52. The molecule has 9 heteroatoms. The van der Waals surface area contributed by atoms with Crippen molar-refractivity contribution in [1.82, 2.24) is 14.9 Å². The zero-order valence-electron chi connectivity index (χ0n) is 13.2. The van der Waals surface area contributed by atoms with Crippen LogP contribution in [-0.4, -0.2) is 38.3 Å². The number of carboxylic acids is 1. The van der Waals surface area contributed by atoms with E-state index < -0.39 is 5.97 Å². The number of carbonyl (C=O) groups is 1. The predicted octanol–water partition coefficient (Wildman–Crippen LogP) is 2.51. The number of aromatic carboxylic acids is 1. The summed E-state index contributed by atoms with van der Waals surface area (Å²) in [5.74, 6) is 7.07. The van der Waals surface area contributed by atoms with Crippen LogP contribution in [0.4, 0.5) is 0 Å². The van der Waals surface area contributed by atoms with Gasteiger partial charge in [0.1, 0.15) is 5.75 Å². The second-order valence-electron chi connectivity index (χ2n) is 5.05. The van der Waals surface area contributed by atoms with E-state index in [1.54, 1.807) is 23.5 Å². The van der Waals surface area contributed by atoms with Crippen molar-refractivity contribution in [1.29, 1.82) is 0 Å². The number of hydrogen-bond donors (Lipinski definition) is 2. The third-order valence-corrected chi connectivity index (χ3v) is 5.12. The van der Waals surface area contributed by atoms with Gasteiger partial charge in [0.15, 0.2) is 5.82 Å². The fourth-order valence-corrected chi connectivity index (χ4v) is 3.48. The molecule has 0 aliphatic carbocycles. The van der Waals surface area contributed by atoms with Crippen LogP contribution in [0.15, 0.2) is 46.9 Å². The number of hydrogen-bond acceptors (Lipinski definition) is 7. The van der Waals surface area contributed by atoms with Crippen molar-refractivity contribution in [3.05, 3.63) is 58.0 Å². The maximum absolute atomic E-state index is 10.8. The van der Waals surface area contributed by atoms with Crippen LogP contribution in [-0.2, 0) is 6.42 Å². The number of nitrogen functional groups attached to an aromatic ring is 1. The van der Waals surface area contributed by atoms with Crippen molar-refractivity contribution in [3.8, 4) is 5.75 Å². The van der Waals surface area contributed by atoms with Crippen molar-refractivity contribution in [2.45, 2.75) is 11.6 Å². The predicted molar refractivity (Wildman–Crippen MR) is 96.9 cm³/mol. The van der Waals surface area contributed by atoms with Crippen LogP contribution >= 0.6 is 23.1 Å². The summed E-state index contributed by atoms with van der Waals surface area (Å²) in [5, 5.41) is 19.7. The van der Waals surface area contributed by atoms with E-state index in [1.807, 2.05) is 17.5 Å². The number of benzene rings is 1. The van der Waals surface area contributed by atoms with Gasteiger partial charge in [-0.25, -0.2) is 9.47 Å². The van der Waals surface area contributed by atoms with Crippen molar-refractivity contribution in [2.24, 2.45) is 0 Å². The number of carboxylic acid groups (broad SMARTS) is 1. The Kier molecular flexibility index (Phi) is 5.56. The zero-order chi connectivity index (χ0) is 17.6. The van der Waals surface area contributed by atoms with E-state index in [2.05, 4.69) is 10.2 Å². The molecule has 130 valence electrons. The molecule has 3 rings (SSSR count). The van der Waals surface area contributed by atoms with Crippen LogP contribution in [0.1, 0.15) is 21.1 Å². The van der Waals surface area contributed by atoms with Crippen molar-refractivity contribution in [3.63, 3.8) is 0 Å². The Morgan fingerprint density at radius 2 is 2.08 bits per heavy atom. The van der Waals surface area contributed by atoms with Gasteiger partial charge in [0, 0.05) is 17.1 Å². The first-order valence-corrected chi connectivity index (χ1v) is 9.30. The Morgan fingerprint density at radius 1 is 1.28 bits per heavy atom. The highest BCUT2D eigenvalue weighted by Gasteiger charge is 2.11. The smallest absolute Gasteiger partial charge is 0.335 e. The van der Waals surface area contributed by atoms with E-state index >= 15 is 0 Å². The molecule has 0 unspecified atom stereocenters. The molecule has 0 atom stereocenters. The van der Waals surface area contributed by atoms with E-state index in [-0.39, 0.29) is 5.56 Å². The molecule has 2 heterocycles. The van der Waals surface area contributed by atoms with Gasteiger partial charge in [-0.05, 0) is 35.7 Å². The largest absolute Gasteiger partial charge is 0.493 e. The molecule has 0 bridgehead atoms. The van der Waals surface area contributed by atoms with E-state index in [1.165, 1.54) is 33.4 Å². The minimum absolute atomic E-state index is 0.233. The van der Waals surface area contributed by atoms with Crippen LogP contribution in [0, 0.1) is 0 Å². The minimum Gasteiger partial charge on any atom is -0.493 e. The molecule has 3 aromatic rings. The van der Waals surface area contributed by atoms with Gasteiger partial charge in [0.05, 0.1) is 12.2 Å². The maximum Gasteiger partial charge on any atom is 0.335 e. The van der Waals surface area contributed by atoms with Gasteiger partial charge < -0.3 is 15.7 Å². The zero-order valence-corrected chi connectivity index (χ0v) is 14.8. The summed E-state index contributed by atoms with van der Waals surface area (Å²) < 4.78 is 7.09. The molecule has 1 aromatic carbocycles. The summed E-state index contributed by atoms with van der Waals surface area (Å²) in [6.45, 7) is 0.449. The molecule has 0 radical (unpaired) electrons. The van der Waals surface area contributed by atoms with E-state index in [4.69, 9.17) is 15.7 Å². The highest BCUT2D eigenvalue weighted by Crippen LogP contribution is 2.19. The second-order valence-corrected chi connectivity index (χ2v) is 7.15. The average molecular weight is 376 g/mol. The molecule has 0 aliphatic rings. The molecule has 7 nitrogen and oxygen atoms in total. The fourth-order valence-electron chi connectivity index (χ4n) is 2.08. The lowest BCUT2D eigenvalue weighted by Crippen LogP contribution is -2.14. The number of rotatable bonds is 8. The topological polar surface area (TPSA) is 103 Å². The molecule has 0 aliphatic heterocycles. The Morgan fingerprint density at radius 3 is 2.76 bits per heavy atom. The minimum atomic E-state index is -0.956. The first kappa shape index (κ1) is 17.3. The third-order valence-electron chi connectivity index (χ3n) is 3.33. The first-order valence-electron chi connectivity index (χ1n) is 7.44. The van der Waals surface area contributed by atoms with Gasteiger partial charge in [0.25, 0.3) is 0 Å². The molecule has 0 amide bonds. The maximum atomic E-state index is 10.8. The average Bonchev–Trinajstić information content (AvgIpc) is 3.24. The molecule has 3 N–H and O–H groups in total. The van der Waals surface area contributed by atoms with Gasteiger partial charge in [0.2, 0.25) is 5.16 Å². The fraction of sp³-hybridized carbons (Fsp3) is 0.188. The van der Waals surface area contributed by atoms with Crippen molar-refractivity contribution in [2.75, 3.05) is 18.2 Å². The Balaban J connectivity index is 1.47. The van der Waals surface area contributed by atoms with Gasteiger partial charge >= 0.3 is 5.97 Å². The summed E-state index contributed by atoms with van der Waals surface area (Å²) in [4.78, 5) is 12.0. The number of thiophene rings is 1. The van der Waals surface area contributed by atoms with Crippen molar-refractivity contribution >= 4 is 29.1 Å². The second kappa shape index (κ2) is 8.04. The SMILES string of the molecule is Nn1c(Cc2cccs2)nnc1SCCOc1ccc(C(=O)O)cc1. The molecule has 25 heavy (non-hydrogen) atoms. The van der Waals surface area contributed by atoms with Crippen LogP contribution in [0.3, 0.4) is 0 Å². The summed E-state index contributed by atoms with van der Waals surface area (Å²) in [7, 11) is 0. The van der Waals surface area contributed by atoms with Crippen LogP contribution in [0.2, 0.25) is 0 Å². The van der Waals surface area contributed by atoms with Gasteiger partial charge in [-0.2, -0.15) is 0 Å². The molecule has 0 saturated heterocycles. The monoisotopic (exact) mass is 376 g/mol. The Hall–Kier alpha value is -2.52. The lowest BCUT2D eigenvalue weighted by Gasteiger charge is -2.06. The number of nitrogens with two attached hydrogens (primary N) is 1. The summed E-state index contributed by atoms with van der Waals surface area (Å²) in [5.41, 5.74) is 0.233. The summed E-state index contributed by atoms with van der Waals surface area (Å²) in [6, 6.07) is 10.3. The van der Waals surface area contributed by atoms with E-state index in [0.29, 0.717) is 29.7 Å². The first-order chi connectivity index (χ1) is 12.1. The summed E-state index contributed by atoms with van der Waals surface area (Å²) >= 11 is 3.11. The molecule has 2 aromatic heterocycles. The standard InChI is InChI=1S/C16H16N4O3S2/c17-20-14(10-13-2-1-8-24-13)18-19-16(20)25-9-7-23-12-5-3-11(4-6-12)15(21)22/h1-6,8H,7,9-10,17H2,(H,21,22). The Bertz CT molecular complexity index is 832. The number of nitrogens with zero attached hydrogens (tertiary/aromatic N) is 3. The van der Waals surface area contributed by atoms with Gasteiger partial charge in [-0.15, -0.1) is 21.5 Å². The number of ether oxygens (including phenoxy) is 1. The number of aromatic nitrogens is 3. The molecular weight excluding hydrogens is 360 g/mol. The van der Waals surface area contributed by atoms with Gasteiger partial charge in [-0.1, -0.05) is 17.8 Å². The van der Waals surface area contributed by atoms with Crippen molar-refractivity contribution < 1.29 is 14.6 Å². The number of thioether (sulfide) groups is 1. The lowest BCUT2D eigenvalue weighted by molar-refractivity contribution is 0.0697. The quantitative estimate of drug-likeness (QED) is 0.354. The van der Waals surface area contributed by atoms with Crippen LogP contribution in [0.25, 0.3) is 0 Å². The molecule has 0 fully saturated rings. The summed E-state index contributed by atoms with van der Waals surface area (Å²) in [6.07, 6.45) is 0.661. The lowest BCUT2D eigenvalue weighted by atomic mass is 10.2. The van der Waals surface area contributed by atoms with Crippen LogP contribution < -0.4 is 10.6 Å². The van der Waals surface area contributed by atoms with Crippen LogP contribution in [0.5, 0.6) is 5.75 Å². The van der Waals surface area contributed by atoms with E-state index in [9.17, 15) is 4.79 Å². The highest BCUT2D eigenvalue weighted by atomic mass is 32.2. The normalized spacial score (nSPS) is 10.7. The van der Waals surface area contributed by atoms with Gasteiger partial charge in [-0.3, -0.25) is 0 Å². The molecule has 0 saturated carbocycles. The van der Waals surface area contributed by atoms with E-state index in [0.717, 1.165) is 5.82 Å². The highest BCUT2D eigenvalue weighted by molar-refractivity contribution is 7.99. The molecule has 0 spiro atoms.